The summed E-state index contributed by atoms with van der Waals surface area (Å²) in [5.41, 5.74) is -0.964. The van der Waals surface area contributed by atoms with Crippen molar-refractivity contribution in [2.75, 3.05) is 19.7 Å². The SMILES string of the molecule is CCOC(=O)C1(C)CNCCC1=O. The van der Waals surface area contributed by atoms with Crippen LogP contribution in [0.2, 0.25) is 0 Å². The summed E-state index contributed by atoms with van der Waals surface area (Å²) in [4.78, 5) is 22.9. The first-order valence-electron chi connectivity index (χ1n) is 4.52. The molecule has 1 fully saturated rings. The molecule has 1 atom stereocenters. The van der Waals surface area contributed by atoms with E-state index in [9.17, 15) is 9.59 Å². The highest BCUT2D eigenvalue weighted by Gasteiger charge is 2.43. The van der Waals surface area contributed by atoms with Crippen LogP contribution >= 0.6 is 0 Å². The smallest absolute Gasteiger partial charge is 0.320 e. The molecule has 0 spiro atoms. The summed E-state index contributed by atoms with van der Waals surface area (Å²) in [5, 5.41) is 3.02. The lowest BCUT2D eigenvalue weighted by atomic mass is 9.81. The van der Waals surface area contributed by atoms with Crippen LogP contribution in [0, 0.1) is 5.41 Å². The first-order chi connectivity index (χ1) is 6.11. The zero-order chi connectivity index (χ0) is 9.90. The van der Waals surface area contributed by atoms with Gasteiger partial charge in [0, 0.05) is 19.5 Å². The van der Waals surface area contributed by atoms with Gasteiger partial charge in [-0.1, -0.05) is 0 Å². The molecule has 1 heterocycles. The zero-order valence-corrected chi connectivity index (χ0v) is 8.05. The van der Waals surface area contributed by atoms with E-state index in [0.29, 0.717) is 26.1 Å². The minimum absolute atomic E-state index is 0.0234. The van der Waals surface area contributed by atoms with Crippen LogP contribution in [0.4, 0.5) is 0 Å². The van der Waals surface area contributed by atoms with Gasteiger partial charge in [-0.2, -0.15) is 0 Å². The van der Waals surface area contributed by atoms with Crippen LogP contribution in [-0.2, 0) is 14.3 Å². The van der Waals surface area contributed by atoms with Gasteiger partial charge >= 0.3 is 5.97 Å². The Kier molecular flexibility index (Phi) is 3.03. The molecule has 1 saturated heterocycles. The minimum atomic E-state index is -0.964. The number of ether oxygens (including phenoxy) is 1. The number of hydrogen-bond donors (Lipinski definition) is 1. The Balaban J connectivity index is 2.71. The van der Waals surface area contributed by atoms with Crippen LogP contribution in [0.3, 0.4) is 0 Å². The molecule has 4 nitrogen and oxygen atoms in total. The molecule has 0 bridgehead atoms. The number of esters is 1. The van der Waals surface area contributed by atoms with E-state index in [1.807, 2.05) is 0 Å². The van der Waals surface area contributed by atoms with Gasteiger partial charge in [-0.3, -0.25) is 9.59 Å². The Morgan fingerprint density at radius 3 is 2.92 bits per heavy atom. The lowest BCUT2D eigenvalue weighted by Gasteiger charge is -2.29. The van der Waals surface area contributed by atoms with Crippen molar-refractivity contribution in [3.63, 3.8) is 0 Å². The summed E-state index contributed by atoms with van der Waals surface area (Å²) >= 11 is 0. The predicted molar refractivity (Wildman–Crippen MR) is 47.2 cm³/mol. The fourth-order valence-corrected chi connectivity index (χ4v) is 1.39. The molecular formula is C9H15NO3. The molecule has 1 aliphatic rings. The van der Waals surface area contributed by atoms with Crippen molar-refractivity contribution < 1.29 is 14.3 Å². The highest BCUT2D eigenvalue weighted by molar-refractivity contribution is 6.04. The van der Waals surface area contributed by atoms with Gasteiger partial charge in [-0.05, 0) is 13.8 Å². The first-order valence-corrected chi connectivity index (χ1v) is 4.52. The van der Waals surface area contributed by atoms with Crippen molar-refractivity contribution >= 4 is 11.8 Å². The highest BCUT2D eigenvalue weighted by atomic mass is 16.5. The fourth-order valence-electron chi connectivity index (χ4n) is 1.39. The third-order valence-corrected chi connectivity index (χ3v) is 2.35. The van der Waals surface area contributed by atoms with Crippen LogP contribution in [-0.4, -0.2) is 31.4 Å². The molecule has 1 rings (SSSR count). The Hall–Kier alpha value is -0.900. The Morgan fingerprint density at radius 2 is 2.38 bits per heavy atom. The van der Waals surface area contributed by atoms with Crippen molar-refractivity contribution in [1.29, 1.82) is 0 Å². The topological polar surface area (TPSA) is 55.4 Å². The Labute approximate surface area is 77.6 Å². The number of carbonyl (C=O) groups excluding carboxylic acids is 2. The molecule has 1 unspecified atom stereocenters. The predicted octanol–water partition coefficient (Wildman–Crippen LogP) is 0.118. The summed E-state index contributed by atoms with van der Waals surface area (Å²) in [7, 11) is 0. The van der Waals surface area contributed by atoms with Crippen LogP contribution in [0.15, 0.2) is 0 Å². The molecule has 1 aliphatic heterocycles. The van der Waals surface area contributed by atoms with Gasteiger partial charge in [0.2, 0.25) is 0 Å². The normalized spacial score (nSPS) is 28.6. The average Bonchev–Trinajstić information content (AvgIpc) is 2.11. The zero-order valence-electron chi connectivity index (χ0n) is 8.05. The largest absolute Gasteiger partial charge is 0.465 e. The molecule has 1 N–H and O–H groups in total. The van der Waals surface area contributed by atoms with E-state index >= 15 is 0 Å². The summed E-state index contributed by atoms with van der Waals surface area (Å²) in [6, 6.07) is 0. The Bertz CT molecular complexity index is 227. The number of rotatable bonds is 2. The molecule has 0 aromatic carbocycles. The number of piperidine rings is 1. The van der Waals surface area contributed by atoms with Crippen LogP contribution in [0.5, 0.6) is 0 Å². The van der Waals surface area contributed by atoms with E-state index in [4.69, 9.17) is 4.74 Å². The number of ketones is 1. The first kappa shape index (κ1) is 10.2. The van der Waals surface area contributed by atoms with Crippen molar-refractivity contribution in [2.45, 2.75) is 20.3 Å². The number of nitrogens with one attached hydrogen (secondary N) is 1. The third-order valence-electron chi connectivity index (χ3n) is 2.35. The van der Waals surface area contributed by atoms with Crippen LogP contribution < -0.4 is 5.32 Å². The standard InChI is InChI=1S/C9H15NO3/c1-3-13-8(12)9(2)6-10-5-4-7(9)11/h10H,3-6H2,1-2H3. The van der Waals surface area contributed by atoms with E-state index in [2.05, 4.69) is 5.32 Å². The molecule has 13 heavy (non-hydrogen) atoms. The van der Waals surface area contributed by atoms with Crippen molar-refractivity contribution in [2.24, 2.45) is 5.41 Å². The lowest BCUT2D eigenvalue weighted by molar-refractivity contribution is -0.159. The van der Waals surface area contributed by atoms with E-state index in [1.165, 1.54) is 0 Å². The quantitative estimate of drug-likeness (QED) is 0.490. The molecule has 0 aromatic heterocycles. The highest BCUT2D eigenvalue weighted by Crippen LogP contribution is 2.23. The maximum Gasteiger partial charge on any atom is 0.320 e. The van der Waals surface area contributed by atoms with Gasteiger partial charge in [0.05, 0.1) is 6.61 Å². The summed E-state index contributed by atoms with van der Waals surface area (Å²) in [6.07, 6.45) is 0.412. The lowest BCUT2D eigenvalue weighted by Crippen LogP contribution is -2.50. The Morgan fingerprint density at radius 1 is 1.69 bits per heavy atom. The maximum absolute atomic E-state index is 11.5. The van der Waals surface area contributed by atoms with Gasteiger partial charge in [0.1, 0.15) is 5.41 Å². The van der Waals surface area contributed by atoms with Crippen molar-refractivity contribution in [1.82, 2.24) is 5.32 Å². The van der Waals surface area contributed by atoms with Gasteiger partial charge in [-0.25, -0.2) is 0 Å². The summed E-state index contributed by atoms with van der Waals surface area (Å²) < 4.78 is 4.86. The number of hydrogen-bond acceptors (Lipinski definition) is 4. The second-order valence-corrected chi connectivity index (χ2v) is 3.40. The van der Waals surface area contributed by atoms with Gasteiger partial charge < -0.3 is 10.1 Å². The molecule has 0 aliphatic carbocycles. The van der Waals surface area contributed by atoms with E-state index in [1.54, 1.807) is 13.8 Å². The van der Waals surface area contributed by atoms with Crippen molar-refractivity contribution in [3.05, 3.63) is 0 Å². The summed E-state index contributed by atoms with van der Waals surface area (Å²) in [6.45, 7) is 4.75. The van der Waals surface area contributed by atoms with E-state index in [0.717, 1.165) is 0 Å². The fraction of sp³-hybridized carbons (Fsp3) is 0.778. The second kappa shape index (κ2) is 3.87. The molecule has 4 heteroatoms. The molecule has 74 valence electrons. The molecule has 0 radical (unpaired) electrons. The van der Waals surface area contributed by atoms with Gasteiger partial charge in [0.25, 0.3) is 0 Å². The second-order valence-electron chi connectivity index (χ2n) is 3.40. The number of Topliss-reactive ketones (excluding diaryl/α,β-unsaturated/α-hetero) is 1. The van der Waals surface area contributed by atoms with Gasteiger partial charge in [-0.15, -0.1) is 0 Å². The maximum atomic E-state index is 11.5. The van der Waals surface area contributed by atoms with Crippen LogP contribution in [0.25, 0.3) is 0 Å². The van der Waals surface area contributed by atoms with Crippen LogP contribution in [0.1, 0.15) is 20.3 Å². The third kappa shape index (κ3) is 1.88. The minimum Gasteiger partial charge on any atom is -0.465 e. The van der Waals surface area contributed by atoms with Crippen molar-refractivity contribution in [3.8, 4) is 0 Å². The molecule has 0 saturated carbocycles. The summed E-state index contributed by atoms with van der Waals surface area (Å²) in [5.74, 6) is -0.433. The molecule has 0 amide bonds. The molecular weight excluding hydrogens is 170 g/mol. The number of carbonyl (C=O) groups is 2. The van der Waals surface area contributed by atoms with E-state index in [-0.39, 0.29) is 5.78 Å². The van der Waals surface area contributed by atoms with Gasteiger partial charge in [0.15, 0.2) is 5.78 Å². The van der Waals surface area contributed by atoms with E-state index < -0.39 is 11.4 Å². The average molecular weight is 185 g/mol. The monoisotopic (exact) mass is 185 g/mol. The molecule has 0 aromatic rings.